The predicted octanol–water partition coefficient (Wildman–Crippen LogP) is 2.43. The van der Waals surface area contributed by atoms with Crippen LogP contribution in [0.1, 0.15) is 19.4 Å². The maximum Gasteiger partial charge on any atom is 0.313 e. The zero-order valence-electron chi connectivity index (χ0n) is 7.91. The van der Waals surface area contributed by atoms with E-state index in [1.807, 2.05) is 18.2 Å². The van der Waals surface area contributed by atoms with Crippen LogP contribution in [0, 0.1) is 12.8 Å². The number of hydrogen-bond donors (Lipinski definition) is 0. The molecule has 1 aromatic carbocycles. The average molecular weight is 177 g/mol. The van der Waals surface area contributed by atoms with E-state index in [2.05, 4.69) is 6.92 Å². The van der Waals surface area contributed by atoms with Gasteiger partial charge >= 0.3 is 5.97 Å². The van der Waals surface area contributed by atoms with Crippen LogP contribution in [0.5, 0.6) is 5.75 Å². The summed E-state index contributed by atoms with van der Waals surface area (Å²) in [5, 5.41) is 0. The number of hydrogen-bond acceptors (Lipinski definition) is 2. The van der Waals surface area contributed by atoms with Crippen LogP contribution in [-0.4, -0.2) is 5.97 Å². The van der Waals surface area contributed by atoms with E-state index in [1.54, 1.807) is 19.9 Å². The second-order valence-corrected chi connectivity index (χ2v) is 3.18. The van der Waals surface area contributed by atoms with Gasteiger partial charge in [0, 0.05) is 0 Å². The highest BCUT2D eigenvalue weighted by Gasteiger charge is 2.10. The minimum Gasteiger partial charge on any atom is -0.426 e. The van der Waals surface area contributed by atoms with Crippen LogP contribution in [-0.2, 0) is 4.79 Å². The van der Waals surface area contributed by atoms with Crippen LogP contribution in [0.25, 0.3) is 0 Å². The quantitative estimate of drug-likeness (QED) is 0.512. The molecule has 0 spiro atoms. The van der Waals surface area contributed by atoms with Gasteiger partial charge in [-0.05, 0) is 18.6 Å². The van der Waals surface area contributed by atoms with Crippen LogP contribution < -0.4 is 4.74 Å². The maximum atomic E-state index is 11.2. The number of carbonyl (C=O) groups is 1. The third-order valence-corrected chi connectivity index (χ3v) is 1.65. The van der Waals surface area contributed by atoms with Crippen LogP contribution in [0.2, 0.25) is 0 Å². The van der Waals surface area contributed by atoms with Gasteiger partial charge in [-0.25, -0.2) is 0 Å². The third kappa shape index (κ3) is 2.58. The molecule has 0 saturated heterocycles. The van der Waals surface area contributed by atoms with Crippen LogP contribution in [0.15, 0.2) is 24.3 Å². The Morgan fingerprint density at radius 1 is 1.38 bits per heavy atom. The summed E-state index contributed by atoms with van der Waals surface area (Å²) in [6, 6.07) is 7.22. The fraction of sp³-hybridized carbons (Fsp3) is 0.273. The summed E-state index contributed by atoms with van der Waals surface area (Å²) in [4.78, 5) is 11.2. The fourth-order valence-corrected chi connectivity index (χ4v) is 0.830. The Bertz CT molecular complexity index is 303. The highest BCUT2D eigenvalue weighted by Crippen LogP contribution is 2.17. The van der Waals surface area contributed by atoms with Crippen molar-refractivity contribution in [3.63, 3.8) is 0 Å². The van der Waals surface area contributed by atoms with E-state index in [-0.39, 0.29) is 11.9 Å². The molecule has 2 nitrogen and oxygen atoms in total. The third-order valence-electron chi connectivity index (χ3n) is 1.65. The van der Waals surface area contributed by atoms with E-state index in [4.69, 9.17) is 4.74 Å². The van der Waals surface area contributed by atoms with Crippen molar-refractivity contribution in [1.82, 2.24) is 0 Å². The normalized spacial score (nSPS) is 10.2. The van der Waals surface area contributed by atoms with Gasteiger partial charge in [-0.15, -0.1) is 0 Å². The topological polar surface area (TPSA) is 26.3 Å². The van der Waals surface area contributed by atoms with Crippen LogP contribution in [0.3, 0.4) is 0 Å². The minimum absolute atomic E-state index is 0.111. The number of rotatable bonds is 2. The molecule has 0 aliphatic carbocycles. The first-order valence-corrected chi connectivity index (χ1v) is 4.24. The van der Waals surface area contributed by atoms with E-state index < -0.39 is 0 Å². The molecule has 0 fully saturated rings. The number of benzene rings is 1. The SMILES string of the molecule is [CH2]c1ccccc1OC(=O)C(C)C. The Labute approximate surface area is 78.5 Å². The van der Waals surface area contributed by atoms with E-state index in [0.29, 0.717) is 5.75 Å². The number of esters is 1. The zero-order valence-corrected chi connectivity index (χ0v) is 7.91. The Morgan fingerprint density at radius 3 is 2.54 bits per heavy atom. The van der Waals surface area contributed by atoms with Gasteiger partial charge in [-0.3, -0.25) is 4.79 Å². The van der Waals surface area contributed by atoms with Gasteiger partial charge in [0.2, 0.25) is 0 Å². The van der Waals surface area contributed by atoms with Crippen LogP contribution >= 0.6 is 0 Å². The second-order valence-electron chi connectivity index (χ2n) is 3.18. The minimum atomic E-state index is -0.226. The summed E-state index contributed by atoms with van der Waals surface area (Å²) in [5.41, 5.74) is 0.733. The van der Waals surface area contributed by atoms with Gasteiger partial charge in [-0.1, -0.05) is 32.0 Å². The summed E-state index contributed by atoms with van der Waals surface area (Å²) in [7, 11) is 0. The van der Waals surface area contributed by atoms with Crippen molar-refractivity contribution >= 4 is 5.97 Å². The van der Waals surface area contributed by atoms with Gasteiger partial charge in [0.05, 0.1) is 5.92 Å². The van der Waals surface area contributed by atoms with E-state index in [0.717, 1.165) is 5.56 Å². The lowest BCUT2D eigenvalue weighted by Gasteiger charge is -2.08. The summed E-state index contributed by atoms with van der Waals surface area (Å²) in [6.45, 7) is 7.35. The van der Waals surface area contributed by atoms with E-state index in [1.165, 1.54) is 0 Å². The lowest BCUT2D eigenvalue weighted by Crippen LogP contribution is -2.15. The monoisotopic (exact) mass is 177 g/mol. The van der Waals surface area contributed by atoms with Crippen molar-refractivity contribution in [3.8, 4) is 5.75 Å². The van der Waals surface area contributed by atoms with Crippen molar-refractivity contribution in [3.05, 3.63) is 36.8 Å². The van der Waals surface area contributed by atoms with Gasteiger partial charge < -0.3 is 4.74 Å². The molecular weight excluding hydrogens is 164 g/mol. The smallest absolute Gasteiger partial charge is 0.313 e. The average Bonchev–Trinajstić information content (AvgIpc) is 2.08. The molecule has 1 aromatic rings. The molecule has 0 N–H and O–H groups in total. The van der Waals surface area contributed by atoms with Crippen molar-refractivity contribution in [1.29, 1.82) is 0 Å². The first kappa shape index (κ1) is 9.78. The number of ether oxygens (including phenoxy) is 1. The molecule has 0 bridgehead atoms. The molecule has 0 atom stereocenters. The Hall–Kier alpha value is -1.31. The maximum absolute atomic E-state index is 11.2. The molecule has 0 unspecified atom stereocenters. The Morgan fingerprint density at radius 2 is 2.00 bits per heavy atom. The van der Waals surface area contributed by atoms with Crippen molar-refractivity contribution in [2.75, 3.05) is 0 Å². The molecule has 2 heteroatoms. The standard InChI is InChI=1S/C11H13O2/c1-8(2)11(12)13-10-7-5-4-6-9(10)3/h4-8H,3H2,1-2H3. The van der Waals surface area contributed by atoms with Crippen molar-refractivity contribution in [2.24, 2.45) is 5.92 Å². The zero-order chi connectivity index (χ0) is 9.84. The first-order chi connectivity index (χ1) is 6.11. The molecule has 0 aromatic heterocycles. The lowest BCUT2D eigenvalue weighted by atomic mass is 10.2. The van der Waals surface area contributed by atoms with Gasteiger partial charge in [0.25, 0.3) is 0 Å². The van der Waals surface area contributed by atoms with Crippen molar-refractivity contribution in [2.45, 2.75) is 13.8 Å². The summed E-state index contributed by atoms with van der Waals surface area (Å²) >= 11 is 0. The molecule has 0 amide bonds. The molecule has 0 aliphatic rings. The molecular formula is C11H13O2. The fourth-order valence-electron chi connectivity index (χ4n) is 0.830. The predicted molar refractivity (Wildman–Crippen MR) is 51.4 cm³/mol. The molecule has 0 saturated carbocycles. The molecule has 1 rings (SSSR count). The lowest BCUT2D eigenvalue weighted by molar-refractivity contribution is -0.137. The highest BCUT2D eigenvalue weighted by molar-refractivity contribution is 5.74. The summed E-state index contributed by atoms with van der Waals surface area (Å²) in [5.74, 6) is 0.205. The van der Waals surface area contributed by atoms with E-state index in [9.17, 15) is 4.79 Å². The Balaban J connectivity index is 2.75. The number of para-hydroxylation sites is 1. The Kier molecular flexibility index (Phi) is 3.07. The molecule has 0 heterocycles. The van der Waals surface area contributed by atoms with Gasteiger partial charge in [0.15, 0.2) is 0 Å². The van der Waals surface area contributed by atoms with Gasteiger partial charge in [0.1, 0.15) is 5.75 Å². The molecule has 1 radical (unpaired) electrons. The van der Waals surface area contributed by atoms with Crippen molar-refractivity contribution < 1.29 is 9.53 Å². The highest BCUT2D eigenvalue weighted by atomic mass is 16.5. The van der Waals surface area contributed by atoms with Crippen LogP contribution in [0.4, 0.5) is 0 Å². The van der Waals surface area contributed by atoms with Gasteiger partial charge in [-0.2, -0.15) is 0 Å². The first-order valence-electron chi connectivity index (χ1n) is 4.24. The molecule has 13 heavy (non-hydrogen) atoms. The summed E-state index contributed by atoms with van der Waals surface area (Å²) in [6.07, 6.45) is 0. The molecule has 0 aliphatic heterocycles. The molecule has 69 valence electrons. The number of carbonyl (C=O) groups excluding carboxylic acids is 1. The largest absolute Gasteiger partial charge is 0.426 e. The summed E-state index contributed by atoms with van der Waals surface area (Å²) < 4.78 is 5.11. The van der Waals surface area contributed by atoms with E-state index >= 15 is 0 Å². The second kappa shape index (κ2) is 4.08.